The maximum absolute atomic E-state index is 10.9. The van der Waals surface area contributed by atoms with E-state index >= 15 is 0 Å². The minimum atomic E-state index is -0.370. The lowest BCUT2D eigenvalue weighted by Crippen LogP contribution is -2.02. The average molecular weight is 272 g/mol. The summed E-state index contributed by atoms with van der Waals surface area (Å²) >= 11 is 0. The number of ether oxygens (including phenoxy) is 3. The lowest BCUT2D eigenvalue weighted by molar-refractivity contribution is -0.131. The molecule has 2 aromatic rings. The van der Waals surface area contributed by atoms with Crippen LogP contribution < -0.4 is 14.2 Å². The van der Waals surface area contributed by atoms with Crippen molar-refractivity contribution in [3.05, 3.63) is 54.1 Å². The molecule has 0 aromatic heterocycles. The van der Waals surface area contributed by atoms with E-state index in [0.29, 0.717) is 23.9 Å². The van der Waals surface area contributed by atoms with Crippen LogP contribution in [0.1, 0.15) is 12.5 Å². The Morgan fingerprint density at radius 1 is 1.05 bits per heavy atom. The molecule has 4 heteroatoms. The number of benzene rings is 2. The third-order valence-corrected chi connectivity index (χ3v) is 2.63. The molecule has 0 atom stereocenters. The molecule has 0 aliphatic rings. The number of rotatable bonds is 5. The minimum Gasteiger partial charge on any atom is -0.493 e. The van der Waals surface area contributed by atoms with Gasteiger partial charge in [-0.1, -0.05) is 30.3 Å². The van der Waals surface area contributed by atoms with E-state index in [9.17, 15) is 4.79 Å². The number of carbonyl (C=O) groups is 1. The molecule has 0 N–H and O–H groups in total. The maximum Gasteiger partial charge on any atom is 0.308 e. The number of hydrogen-bond acceptors (Lipinski definition) is 4. The van der Waals surface area contributed by atoms with Gasteiger partial charge in [0, 0.05) is 13.0 Å². The average Bonchev–Trinajstić information content (AvgIpc) is 2.46. The summed E-state index contributed by atoms with van der Waals surface area (Å²) in [6, 6.07) is 14.9. The fraction of sp³-hybridized carbons (Fsp3) is 0.188. The van der Waals surface area contributed by atoms with Gasteiger partial charge < -0.3 is 14.2 Å². The van der Waals surface area contributed by atoms with Crippen molar-refractivity contribution in [2.45, 2.75) is 13.5 Å². The second-order valence-electron chi connectivity index (χ2n) is 4.18. The van der Waals surface area contributed by atoms with Crippen molar-refractivity contribution in [2.24, 2.45) is 0 Å². The topological polar surface area (TPSA) is 44.8 Å². The molecule has 0 unspecified atom stereocenters. The molecule has 0 saturated heterocycles. The summed E-state index contributed by atoms with van der Waals surface area (Å²) in [5.74, 6) is 1.19. The van der Waals surface area contributed by atoms with Crippen LogP contribution >= 0.6 is 0 Å². The van der Waals surface area contributed by atoms with E-state index in [1.54, 1.807) is 25.3 Å². The van der Waals surface area contributed by atoms with Crippen molar-refractivity contribution in [3.63, 3.8) is 0 Å². The highest BCUT2D eigenvalue weighted by Gasteiger charge is 2.08. The molecule has 0 radical (unpaired) electrons. The van der Waals surface area contributed by atoms with Gasteiger partial charge >= 0.3 is 5.97 Å². The lowest BCUT2D eigenvalue weighted by Gasteiger charge is -2.12. The number of esters is 1. The van der Waals surface area contributed by atoms with E-state index in [1.165, 1.54) is 6.92 Å². The first-order valence-electron chi connectivity index (χ1n) is 6.22. The molecular formula is C16H16O4. The Kier molecular flexibility index (Phi) is 4.60. The van der Waals surface area contributed by atoms with Crippen molar-refractivity contribution >= 4 is 5.97 Å². The normalized spacial score (nSPS) is 9.90. The van der Waals surface area contributed by atoms with Crippen molar-refractivity contribution < 1.29 is 19.0 Å². The van der Waals surface area contributed by atoms with Gasteiger partial charge in [0.2, 0.25) is 0 Å². The van der Waals surface area contributed by atoms with E-state index in [-0.39, 0.29) is 5.97 Å². The SMILES string of the molecule is COc1cc(OC(C)=O)ccc1OCc1ccccc1. The van der Waals surface area contributed by atoms with Gasteiger partial charge in [-0.15, -0.1) is 0 Å². The molecular weight excluding hydrogens is 256 g/mol. The fourth-order valence-corrected chi connectivity index (χ4v) is 1.73. The summed E-state index contributed by atoms with van der Waals surface area (Å²) in [4.78, 5) is 10.9. The predicted molar refractivity (Wildman–Crippen MR) is 75.1 cm³/mol. The van der Waals surface area contributed by atoms with Gasteiger partial charge in [0.1, 0.15) is 12.4 Å². The molecule has 2 aromatic carbocycles. The smallest absolute Gasteiger partial charge is 0.308 e. The zero-order valence-corrected chi connectivity index (χ0v) is 11.5. The van der Waals surface area contributed by atoms with Crippen molar-refractivity contribution in [2.75, 3.05) is 7.11 Å². The summed E-state index contributed by atoms with van der Waals surface area (Å²) in [7, 11) is 1.54. The molecule has 0 fully saturated rings. The summed E-state index contributed by atoms with van der Waals surface area (Å²) < 4.78 is 15.9. The van der Waals surface area contributed by atoms with Crippen molar-refractivity contribution in [1.29, 1.82) is 0 Å². The molecule has 0 saturated carbocycles. The summed E-state index contributed by atoms with van der Waals surface area (Å²) in [5, 5.41) is 0. The Hall–Kier alpha value is -2.49. The molecule has 2 rings (SSSR count). The molecule has 4 nitrogen and oxygen atoms in total. The van der Waals surface area contributed by atoms with Crippen molar-refractivity contribution in [1.82, 2.24) is 0 Å². The van der Waals surface area contributed by atoms with Gasteiger partial charge in [-0.3, -0.25) is 4.79 Å². The van der Waals surface area contributed by atoms with Gasteiger partial charge in [-0.05, 0) is 17.7 Å². The molecule has 0 aliphatic carbocycles. The van der Waals surface area contributed by atoms with E-state index in [2.05, 4.69) is 0 Å². The minimum absolute atomic E-state index is 0.370. The van der Waals surface area contributed by atoms with E-state index in [1.807, 2.05) is 30.3 Å². The largest absolute Gasteiger partial charge is 0.493 e. The van der Waals surface area contributed by atoms with E-state index in [0.717, 1.165) is 5.56 Å². The maximum atomic E-state index is 10.9. The summed E-state index contributed by atoms with van der Waals surface area (Å²) in [5.41, 5.74) is 1.07. The molecule has 20 heavy (non-hydrogen) atoms. The monoisotopic (exact) mass is 272 g/mol. The van der Waals surface area contributed by atoms with Crippen molar-refractivity contribution in [3.8, 4) is 17.2 Å². The van der Waals surface area contributed by atoms with E-state index < -0.39 is 0 Å². The summed E-state index contributed by atoms with van der Waals surface area (Å²) in [6.07, 6.45) is 0. The van der Waals surface area contributed by atoms with Gasteiger partial charge in [0.25, 0.3) is 0 Å². The van der Waals surface area contributed by atoms with Gasteiger partial charge in [0.05, 0.1) is 7.11 Å². The first-order chi connectivity index (χ1) is 9.69. The quantitative estimate of drug-likeness (QED) is 0.619. The van der Waals surface area contributed by atoms with Crippen LogP contribution in [0.3, 0.4) is 0 Å². The molecule has 0 bridgehead atoms. The Morgan fingerprint density at radius 2 is 1.80 bits per heavy atom. The molecule has 0 spiro atoms. The van der Waals surface area contributed by atoms with Crippen LogP contribution in [-0.4, -0.2) is 13.1 Å². The highest BCUT2D eigenvalue weighted by molar-refractivity contribution is 5.69. The summed E-state index contributed by atoms with van der Waals surface area (Å²) in [6.45, 7) is 1.80. The molecule has 0 amide bonds. The third-order valence-electron chi connectivity index (χ3n) is 2.63. The second kappa shape index (κ2) is 6.61. The van der Waals surface area contributed by atoms with Crippen LogP contribution in [-0.2, 0) is 11.4 Å². The van der Waals surface area contributed by atoms with Crippen LogP contribution in [0.4, 0.5) is 0 Å². The van der Waals surface area contributed by atoms with Crippen LogP contribution in [0.2, 0.25) is 0 Å². The Balaban J connectivity index is 2.09. The Morgan fingerprint density at radius 3 is 2.45 bits per heavy atom. The number of methoxy groups -OCH3 is 1. The lowest BCUT2D eigenvalue weighted by atomic mass is 10.2. The highest BCUT2D eigenvalue weighted by atomic mass is 16.5. The molecule has 0 aliphatic heterocycles. The predicted octanol–water partition coefficient (Wildman–Crippen LogP) is 3.20. The number of hydrogen-bond donors (Lipinski definition) is 0. The van der Waals surface area contributed by atoms with Crippen LogP contribution in [0.25, 0.3) is 0 Å². The van der Waals surface area contributed by atoms with Gasteiger partial charge in [-0.2, -0.15) is 0 Å². The first kappa shape index (κ1) is 13.9. The zero-order valence-electron chi connectivity index (χ0n) is 11.5. The number of carbonyl (C=O) groups excluding carboxylic acids is 1. The standard InChI is InChI=1S/C16H16O4/c1-12(17)20-14-8-9-15(16(10-14)18-2)19-11-13-6-4-3-5-7-13/h3-10H,11H2,1-2H3. The second-order valence-corrected chi connectivity index (χ2v) is 4.18. The van der Waals surface area contributed by atoms with Crippen LogP contribution in [0, 0.1) is 0 Å². The highest BCUT2D eigenvalue weighted by Crippen LogP contribution is 2.31. The van der Waals surface area contributed by atoms with E-state index in [4.69, 9.17) is 14.2 Å². The van der Waals surface area contributed by atoms with Gasteiger partial charge in [0.15, 0.2) is 11.5 Å². The zero-order chi connectivity index (χ0) is 14.4. The fourth-order valence-electron chi connectivity index (χ4n) is 1.73. The Bertz CT molecular complexity index is 578. The third kappa shape index (κ3) is 3.75. The van der Waals surface area contributed by atoms with Crippen LogP contribution in [0.15, 0.2) is 48.5 Å². The molecule has 0 heterocycles. The molecule has 104 valence electrons. The first-order valence-corrected chi connectivity index (χ1v) is 6.22. The van der Waals surface area contributed by atoms with Gasteiger partial charge in [-0.25, -0.2) is 0 Å². The van der Waals surface area contributed by atoms with Crippen LogP contribution in [0.5, 0.6) is 17.2 Å². The Labute approximate surface area is 117 Å².